The lowest BCUT2D eigenvalue weighted by atomic mass is 9.81. The lowest BCUT2D eigenvalue weighted by Crippen LogP contribution is -2.44. The van der Waals surface area contributed by atoms with Crippen molar-refractivity contribution in [1.29, 1.82) is 0 Å². The minimum atomic E-state index is -0.0344. The molecule has 114 valence electrons. The van der Waals surface area contributed by atoms with Gasteiger partial charge in [0.25, 0.3) is 0 Å². The Kier molecular flexibility index (Phi) is 6.13. The maximum absolute atomic E-state index is 6.03. The number of hydrogen-bond acceptors (Lipinski definition) is 2. The highest BCUT2D eigenvalue weighted by Crippen LogP contribution is 2.44. The van der Waals surface area contributed by atoms with Crippen LogP contribution in [0.3, 0.4) is 0 Å². The van der Waals surface area contributed by atoms with Crippen LogP contribution in [-0.4, -0.2) is 18.0 Å². The fourth-order valence-electron chi connectivity index (χ4n) is 3.04. The number of thioether (sulfide) groups is 1. The van der Waals surface area contributed by atoms with E-state index in [0.717, 1.165) is 12.8 Å². The van der Waals surface area contributed by atoms with Crippen LogP contribution in [0.5, 0.6) is 0 Å². The summed E-state index contributed by atoms with van der Waals surface area (Å²) in [6.07, 6.45) is 12.0. The molecule has 1 fully saturated rings. The minimum absolute atomic E-state index is 0.0344. The summed E-state index contributed by atoms with van der Waals surface area (Å²) in [6, 6.07) is 8.84. The number of rotatable bonds is 6. The van der Waals surface area contributed by atoms with Crippen LogP contribution in [0.25, 0.3) is 0 Å². The number of allylic oxidation sites excluding steroid dienone is 2. The molecule has 0 aliphatic heterocycles. The van der Waals surface area contributed by atoms with Gasteiger partial charge in [0.15, 0.2) is 0 Å². The van der Waals surface area contributed by atoms with E-state index in [-0.39, 0.29) is 5.60 Å². The second kappa shape index (κ2) is 7.86. The third-order valence-corrected chi connectivity index (χ3v) is 5.84. The second-order valence-corrected chi connectivity index (χ2v) is 7.08. The lowest BCUT2D eigenvalue weighted by molar-refractivity contribution is -0.0308. The van der Waals surface area contributed by atoms with Gasteiger partial charge in [-0.15, -0.1) is 11.8 Å². The van der Waals surface area contributed by atoms with Crippen LogP contribution in [0.4, 0.5) is 0 Å². The topological polar surface area (TPSA) is 9.23 Å². The molecule has 1 aromatic carbocycles. The number of ether oxygens (including phenoxy) is 1. The first kappa shape index (κ1) is 16.4. The second-order valence-electron chi connectivity index (χ2n) is 5.80. The van der Waals surface area contributed by atoms with Crippen molar-refractivity contribution >= 4 is 11.8 Å². The molecule has 1 nitrogen and oxygen atoms in total. The maximum atomic E-state index is 6.03. The SMILES string of the molecule is C=C/C=C/C[C@@]1(OC)CCCC[C@@H]1Sc1ccc(C)cc1. The first-order valence-electron chi connectivity index (χ1n) is 7.76. The Morgan fingerprint density at radius 2 is 2.10 bits per heavy atom. The van der Waals surface area contributed by atoms with E-state index in [0.29, 0.717) is 5.25 Å². The van der Waals surface area contributed by atoms with E-state index in [1.165, 1.54) is 29.7 Å². The third kappa shape index (κ3) is 4.24. The molecule has 0 spiro atoms. The highest BCUT2D eigenvalue weighted by molar-refractivity contribution is 8.00. The molecule has 1 aliphatic rings. The van der Waals surface area contributed by atoms with Gasteiger partial charge < -0.3 is 4.74 Å². The molecule has 0 saturated heterocycles. The molecule has 1 saturated carbocycles. The average Bonchev–Trinajstić information content (AvgIpc) is 2.51. The normalized spacial score (nSPS) is 26.1. The first-order chi connectivity index (χ1) is 10.2. The monoisotopic (exact) mass is 302 g/mol. The fourth-order valence-corrected chi connectivity index (χ4v) is 4.47. The lowest BCUT2D eigenvalue weighted by Gasteiger charge is -2.42. The molecule has 2 rings (SSSR count). The highest BCUT2D eigenvalue weighted by atomic mass is 32.2. The number of benzene rings is 1. The zero-order chi connectivity index (χ0) is 15.1. The zero-order valence-corrected chi connectivity index (χ0v) is 14.0. The standard InChI is InChI=1S/C19H26OS/c1-4-5-7-14-19(20-3)15-8-6-9-18(19)21-17-12-10-16(2)11-13-17/h4-5,7,10-13,18H,1,6,8-9,14-15H2,2-3H3/b7-5+/t18-,19+/m0/s1. The van der Waals surface area contributed by atoms with Gasteiger partial charge in [-0.3, -0.25) is 0 Å². The predicted octanol–water partition coefficient (Wildman–Crippen LogP) is 5.55. The molecule has 0 unspecified atom stereocenters. The van der Waals surface area contributed by atoms with Crippen molar-refractivity contribution < 1.29 is 4.74 Å². The van der Waals surface area contributed by atoms with E-state index in [1.54, 1.807) is 0 Å². The zero-order valence-electron chi connectivity index (χ0n) is 13.2. The Morgan fingerprint density at radius 3 is 2.76 bits per heavy atom. The van der Waals surface area contributed by atoms with Crippen molar-refractivity contribution in [3.05, 3.63) is 54.6 Å². The first-order valence-corrected chi connectivity index (χ1v) is 8.64. The van der Waals surface area contributed by atoms with Crippen LogP contribution >= 0.6 is 11.8 Å². The molecule has 1 aromatic rings. The predicted molar refractivity (Wildman–Crippen MR) is 93.0 cm³/mol. The molecule has 0 N–H and O–H groups in total. The van der Waals surface area contributed by atoms with E-state index >= 15 is 0 Å². The summed E-state index contributed by atoms with van der Waals surface area (Å²) in [5, 5.41) is 0.522. The number of hydrogen-bond donors (Lipinski definition) is 0. The molecule has 0 radical (unpaired) electrons. The van der Waals surface area contributed by atoms with Crippen molar-refractivity contribution in [2.75, 3.05) is 7.11 Å². The Bertz CT molecular complexity index is 477. The van der Waals surface area contributed by atoms with E-state index in [2.05, 4.69) is 43.8 Å². The molecule has 1 aliphatic carbocycles. The van der Waals surface area contributed by atoms with E-state index in [9.17, 15) is 0 Å². The summed E-state index contributed by atoms with van der Waals surface area (Å²) in [5.41, 5.74) is 1.28. The summed E-state index contributed by atoms with van der Waals surface area (Å²) in [4.78, 5) is 1.35. The van der Waals surface area contributed by atoms with Gasteiger partial charge in [-0.1, -0.05) is 55.3 Å². The van der Waals surface area contributed by atoms with Crippen molar-refractivity contribution in [3.63, 3.8) is 0 Å². The molecule has 0 aromatic heterocycles. The van der Waals surface area contributed by atoms with Gasteiger partial charge in [-0.2, -0.15) is 0 Å². The Morgan fingerprint density at radius 1 is 1.33 bits per heavy atom. The number of methoxy groups -OCH3 is 1. The van der Waals surface area contributed by atoms with Crippen LogP contribution in [-0.2, 0) is 4.74 Å². The Balaban J connectivity index is 2.14. The van der Waals surface area contributed by atoms with Gasteiger partial charge in [0.05, 0.1) is 5.60 Å². The average molecular weight is 302 g/mol. The summed E-state index contributed by atoms with van der Waals surface area (Å²) >= 11 is 1.98. The molecule has 0 amide bonds. The van der Waals surface area contributed by atoms with Crippen molar-refractivity contribution in [3.8, 4) is 0 Å². The fraction of sp³-hybridized carbons (Fsp3) is 0.474. The van der Waals surface area contributed by atoms with Gasteiger partial charge in [-0.05, 0) is 38.3 Å². The molecule has 0 bridgehead atoms. The van der Waals surface area contributed by atoms with Crippen molar-refractivity contribution in [2.24, 2.45) is 0 Å². The van der Waals surface area contributed by atoms with Gasteiger partial charge >= 0.3 is 0 Å². The Hall–Kier alpha value is -0.990. The van der Waals surface area contributed by atoms with E-state index in [1.807, 2.05) is 31.0 Å². The largest absolute Gasteiger partial charge is 0.377 e. The van der Waals surface area contributed by atoms with Crippen LogP contribution in [0, 0.1) is 6.92 Å². The molecule has 0 heterocycles. The third-order valence-electron chi connectivity index (χ3n) is 4.34. The molecular formula is C19H26OS. The van der Waals surface area contributed by atoms with Crippen LogP contribution in [0.15, 0.2) is 54.0 Å². The smallest absolute Gasteiger partial charge is 0.0834 e. The van der Waals surface area contributed by atoms with Gasteiger partial charge in [0.2, 0.25) is 0 Å². The summed E-state index contributed by atoms with van der Waals surface area (Å²) < 4.78 is 6.03. The van der Waals surface area contributed by atoms with Crippen LogP contribution in [0.2, 0.25) is 0 Å². The Labute approximate surface area is 133 Å². The van der Waals surface area contributed by atoms with Gasteiger partial charge in [0.1, 0.15) is 0 Å². The van der Waals surface area contributed by atoms with Gasteiger partial charge in [-0.25, -0.2) is 0 Å². The summed E-state index contributed by atoms with van der Waals surface area (Å²) in [5.74, 6) is 0. The van der Waals surface area contributed by atoms with E-state index in [4.69, 9.17) is 4.74 Å². The van der Waals surface area contributed by atoms with Crippen LogP contribution in [0.1, 0.15) is 37.7 Å². The molecular weight excluding hydrogens is 276 g/mol. The van der Waals surface area contributed by atoms with Crippen molar-refractivity contribution in [2.45, 2.75) is 54.8 Å². The molecule has 21 heavy (non-hydrogen) atoms. The minimum Gasteiger partial charge on any atom is -0.377 e. The number of aryl methyl sites for hydroxylation is 1. The summed E-state index contributed by atoms with van der Waals surface area (Å²) in [7, 11) is 1.87. The van der Waals surface area contributed by atoms with Gasteiger partial charge in [0, 0.05) is 17.3 Å². The maximum Gasteiger partial charge on any atom is 0.0834 e. The quantitative estimate of drug-likeness (QED) is 0.637. The van der Waals surface area contributed by atoms with Crippen molar-refractivity contribution in [1.82, 2.24) is 0 Å². The summed E-state index contributed by atoms with van der Waals surface area (Å²) in [6.45, 7) is 5.89. The highest BCUT2D eigenvalue weighted by Gasteiger charge is 2.40. The molecule has 2 heteroatoms. The molecule has 2 atom stereocenters. The van der Waals surface area contributed by atoms with Crippen LogP contribution < -0.4 is 0 Å². The van der Waals surface area contributed by atoms with E-state index < -0.39 is 0 Å².